The topological polar surface area (TPSA) is 151 Å². The Kier molecular flexibility index (Phi) is 8.46. The monoisotopic (exact) mass is 535 g/mol. The number of hydrogen-bond donors (Lipinski definition) is 4. The number of urea groups is 1. The number of aromatic carboxylic acids is 1. The summed E-state index contributed by atoms with van der Waals surface area (Å²) in [5.41, 5.74) is 0.896. The summed E-state index contributed by atoms with van der Waals surface area (Å²) < 4.78 is 40.5. The molecule has 0 aliphatic heterocycles. The van der Waals surface area contributed by atoms with Crippen LogP contribution in [0.2, 0.25) is 5.02 Å². The van der Waals surface area contributed by atoms with Crippen molar-refractivity contribution in [2.45, 2.75) is 11.4 Å². The normalized spacial score (nSPS) is 10.8. The maximum absolute atomic E-state index is 13.1. The van der Waals surface area contributed by atoms with Crippen LogP contribution in [0.25, 0.3) is 0 Å². The van der Waals surface area contributed by atoms with Gasteiger partial charge in [-0.3, -0.25) is 4.79 Å². The largest absolute Gasteiger partial charge is 0.483 e. The highest BCUT2D eigenvalue weighted by Gasteiger charge is 2.14. The van der Waals surface area contributed by atoms with Crippen LogP contribution in [-0.2, 0) is 21.6 Å². The third-order valence-electron chi connectivity index (χ3n) is 4.58. The van der Waals surface area contributed by atoms with Crippen LogP contribution in [0.15, 0.2) is 71.6 Å². The van der Waals surface area contributed by atoms with Gasteiger partial charge in [0.05, 0.1) is 0 Å². The molecule has 10 nitrogen and oxygen atoms in total. The van der Waals surface area contributed by atoms with Crippen LogP contribution in [-0.4, -0.2) is 38.0 Å². The van der Waals surface area contributed by atoms with Crippen molar-refractivity contribution in [2.75, 3.05) is 17.2 Å². The summed E-state index contributed by atoms with van der Waals surface area (Å²) in [7, 11) is -4.91. The lowest BCUT2D eigenvalue weighted by Gasteiger charge is -2.11. The van der Waals surface area contributed by atoms with E-state index in [1.807, 2.05) is 0 Å². The molecular formula is C23H19ClFN3O7S. The van der Waals surface area contributed by atoms with E-state index in [4.69, 9.17) is 16.3 Å². The predicted molar refractivity (Wildman–Crippen MR) is 130 cm³/mol. The summed E-state index contributed by atoms with van der Waals surface area (Å²) in [5, 5.41) is 17.0. The number of anilines is 2. The quantitative estimate of drug-likeness (QED) is 0.302. The molecule has 0 aliphatic carbocycles. The number of carboxylic acids is 1. The van der Waals surface area contributed by atoms with Crippen molar-refractivity contribution >= 4 is 51.1 Å². The van der Waals surface area contributed by atoms with Gasteiger partial charge in [0.15, 0.2) is 6.61 Å². The zero-order chi connectivity index (χ0) is 26.3. The van der Waals surface area contributed by atoms with Crippen LogP contribution in [0, 0.1) is 0 Å². The molecular weight excluding hydrogens is 517 g/mol. The van der Waals surface area contributed by atoms with Crippen LogP contribution >= 0.6 is 11.6 Å². The number of carboxylic acid groups (broad SMARTS) is 1. The van der Waals surface area contributed by atoms with E-state index >= 15 is 0 Å². The van der Waals surface area contributed by atoms with Gasteiger partial charge in [0, 0.05) is 22.9 Å². The Bertz CT molecular complexity index is 1420. The highest BCUT2D eigenvalue weighted by Crippen LogP contribution is 2.23. The molecule has 0 saturated carbocycles. The van der Waals surface area contributed by atoms with Gasteiger partial charge in [0.1, 0.15) is 16.2 Å². The number of amides is 3. The van der Waals surface area contributed by atoms with Gasteiger partial charge >= 0.3 is 22.2 Å². The second-order valence-electron chi connectivity index (χ2n) is 7.26. The fourth-order valence-electron chi connectivity index (χ4n) is 2.97. The molecule has 0 aromatic heterocycles. The Morgan fingerprint density at radius 2 is 1.61 bits per heavy atom. The Balaban J connectivity index is 1.53. The molecule has 0 fully saturated rings. The molecule has 0 aliphatic rings. The lowest BCUT2D eigenvalue weighted by molar-refractivity contribution is -0.123. The molecule has 3 rings (SSSR count). The number of hydrogen-bond acceptors (Lipinski definition) is 6. The molecule has 0 radical (unpaired) electrons. The first-order valence-electron chi connectivity index (χ1n) is 10.2. The lowest BCUT2D eigenvalue weighted by atomic mass is 10.2. The SMILES string of the molecule is O=C(COc1ccc(Cl)cc1C(=O)O)NCc1cccc(NC(=O)Nc2cccc(S(=O)(=O)F)c2)c1. The zero-order valence-electron chi connectivity index (χ0n) is 18.3. The number of carbonyl (C=O) groups is 3. The average molecular weight is 536 g/mol. The third kappa shape index (κ3) is 7.68. The van der Waals surface area contributed by atoms with Crippen molar-refractivity contribution in [3.8, 4) is 5.75 Å². The Morgan fingerprint density at radius 3 is 2.28 bits per heavy atom. The molecule has 0 bridgehead atoms. The minimum atomic E-state index is -4.91. The first-order valence-corrected chi connectivity index (χ1v) is 11.9. The molecule has 3 aromatic carbocycles. The summed E-state index contributed by atoms with van der Waals surface area (Å²) in [5.74, 6) is -1.77. The molecule has 3 amide bonds. The molecule has 4 N–H and O–H groups in total. The molecule has 188 valence electrons. The summed E-state index contributed by atoms with van der Waals surface area (Å²) in [6.45, 7) is -0.349. The zero-order valence-corrected chi connectivity index (χ0v) is 19.9. The molecule has 0 spiro atoms. The van der Waals surface area contributed by atoms with E-state index in [0.29, 0.717) is 11.3 Å². The molecule has 3 aromatic rings. The maximum Gasteiger partial charge on any atom is 0.339 e. The van der Waals surface area contributed by atoms with Crippen molar-refractivity contribution < 1.29 is 36.5 Å². The van der Waals surface area contributed by atoms with E-state index in [1.165, 1.54) is 30.3 Å². The Labute approximate surface area is 210 Å². The van der Waals surface area contributed by atoms with Crippen LogP contribution in [0.3, 0.4) is 0 Å². The van der Waals surface area contributed by atoms with E-state index in [1.54, 1.807) is 24.3 Å². The minimum absolute atomic E-state index is 0.00564. The fraction of sp³-hybridized carbons (Fsp3) is 0.0870. The fourth-order valence-corrected chi connectivity index (χ4v) is 3.65. The molecule has 0 heterocycles. The maximum atomic E-state index is 13.1. The summed E-state index contributed by atoms with van der Waals surface area (Å²) in [6, 6.07) is 14.5. The molecule has 0 saturated heterocycles. The van der Waals surface area contributed by atoms with Gasteiger partial charge in [-0.05, 0) is 54.1 Å². The molecule has 0 atom stereocenters. The van der Waals surface area contributed by atoms with E-state index in [-0.39, 0.29) is 28.6 Å². The van der Waals surface area contributed by atoms with Crippen molar-refractivity contribution in [3.63, 3.8) is 0 Å². The summed E-state index contributed by atoms with van der Waals surface area (Å²) in [6.07, 6.45) is 0. The Hall–Kier alpha value is -4.16. The van der Waals surface area contributed by atoms with Crippen molar-refractivity contribution in [3.05, 3.63) is 82.9 Å². The van der Waals surface area contributed by atoms with Crippen molar-refractivity contribution in [1.82, 2.24) is 5.32 Å². The number of carbonyl (C=O) groups excluding carboxylic acids is 2. The number of benzene rings is 3. The number of ether oxygens (including phenoxy) is 1. The highest BCUT2D eigenvalue weighted by molar-refractivity contribution is 7.86. The van der Waals surface area contributed by atoms with E-state index in [0.717, 1.165) is 12.1 Å². The number of rotatable bonds is 9. The lowest BCUT2D eigenvalue weighted by Crippen LogP contribution is -2.28. The second kappa shape index (κ2) is 11.5. The summed E-state index contributed by atoms with van der Waals surface area (Å²) in [4.78, 5) is 35.1. The number of nitrogens with one attached hydrogen (secondary N) is 3. The van der Waals surface area contributed by atoms with Gasteiger partial charge in [0.2, 0.25) is 0 Å². The molecule has 13 heteroatoms. The van der Waals surface area contributed by atoms with E-state index in [9.17, 15) is 31.8 Å². The van der Waals surface area contributed by atoms with Crippen LogP contribution in [0.1, 0.15) is 15.9 Å². The van der Waals surface area contributed by atoms with E-state index in [2.05, 4.69) is 16.0 Å². The van der Waals surface area contributed by atoms with Gasteiger partial charge in [-0.15, -0.1) is 3.89 Å². The minimum Gasteiger partial charge on any atom is -0.483 e. The predicted octanol–water partition coefficient (Wildman–Crippen LogP) is 4.04. The van der Waals surface area contributed by atoms with Crippen LogP contribution in [0.4, 0.5) is 20.1 Å². The van der Waals surface area contributed by atoms with Crippen molar-refractivity contribution in [1.29, 1.82) is 0 Å². The molecule has 36 heavy (non-hydrogen) atoms. The molecule has 0 unspecified atom stereocenters. The van der Waals surface area contributed by atoms with Gasteiger partial charge < -0.3 is 25.8 Å². The van der Waals surface area contributed by atoms with E-state index < -0.39 is 39.6 Å². The standard InChI is InChI=1S/C23H19ClFN3O7S/c24-15-7-8-20(19(10-15)22(30)31)35-13-21(29)26-12-14-3-1-4-16(9-14)27-23(32)28-17-5-2-6-18(11-17)36(25,33)34/h1-11H,12-13H2,(H,26,29)(H,30,31)(H2,27,28,32). The van der Waals surface area contributed by atoms with Crippen LogP contribution < -0.4 is 20.7 Å². The second-order valence-corrected chi connectivity index (χ2v) is 9.04. The van der Waals surface area contributed by atoms with Gasteiger partial charge in [-0.25, -0.2) is 9.59 Å². The van der Waals surface area contributed by atoms with Gasteiger partial charge in [-0.1, -0.05) is 29.8 Å². The smallest absolute Gasteiger partial charge is 0.339 e. The highest BCUT2D eigenvalue weighted by atomic mass is 35.5. The van der Waals surface area contributed by atoms with Crippen molar-refractivity contribution in [2.24, 2.45) is 0 Å². The third-order valence-corrected chi connectivity index (χ3v) is 5.63. The van der Waals surface area contributed by atoms with Crippen LogP contribution in [0.5, 0.6) is 5.75 Å². The first kappa shape index (κ1) is 26.4. The number of halogens is 2. The van der Waals surface area contributed by atoms with Gasteiger partial charge in [0.25, 0.3) is 5.91 Å². The Morgan fingerprint density at radius 1 is 0.944 bits per heavy atom. The average Bonchev–Trinajstić information content (AvgIpc) is 2.81. The first-order chi connectivity index (χ1) is 17.0. The summed E-state index contributed by atoms with van der Waals surface area (Å²) >= 11 is 5.78. The van der Waals surface area contributed by atoms with Gasteiger partial charge in [-0.2, -0.15) is 8.42 Å².